The number of carbonyl (C=O) groups is 3. The van der Waals surface area contributed by atoms with E-state index in [0.717, 1.165) is 135 Å². The van der Waals surface area contributed by atoms with Crippen LogP contribution in [0.15, 0.2) is 170 Å². The van der Waals surface area contributed by atoms with Crippen LogP contribution in [0.2, 0.25) is 0 Å². The zero-order valence-corrected chi connectivity index (χ0v) is 52.7. The third kappa shape index (κ3) is 65.6. The van der Waals surface area contributed by atoms with Crippen LogP contribution in [0, 0.1) is 0 Å². The number of hydrogen-bond acceptors (Lipinski definition) is 6. The van der Waals surface area contributed by atoms with E-state index in [1.54, 1.807) is 0 Å². The highest BCUT2D eigenvalue weighted by molar-refractivity contribution is 5.71. The lowest BCUT2D eigenvalue weighted by molar-refractivity contribution is -0.167. The summed E-state index contributed by atoms with van der Waals surface area (Å²) in [5.74, 6) is -0.979. The summed E-state index contributed by atoms with van der Waals surface area (Å²) < 4.78 is 16.8. The largest absolute Gasteiger partial charge is 0.462 e. The molecule has 0 bridgehead atoms. The SMILES string of the molecule is CC/C=C\C/C=C\C/C=C\C/C=C\C/C=C\C/C=C\C/C=C\C/C=C\C/C=C\CCCC(=O)OCC(COC(=O)CCCCCCCC)OC(=O)CCCCCCCCCCCCCCC/C=C\C/C=C\C/C=C\C/C=C\C/C=C\CC. The summed E-state index contributed by atoms with van der Waals surface area (Å²) in [6.07, 6.45) is 101. The minimum absolute atomic E-state index is 0.102. The first kappa shape index (κ1) is 76.8. The van der Waals surface area contributed by atoms with E-state index >= 15 is 0 Å². The molecule has 0 rings (SSSR count). The van der Waals surface area contributed by atoms with E-state index in [9.17, 15) is 14.4 Å². The number of ether oxygens (including phenoxy) is 3. The summed E-state index contributed by atoms with van der Waals surface area (Å²) in [6, 6.07) is 0. The van der Waals surface area contributed by atoms with E-state index in [2.05, 4.69) is 191 Å². The molecule has 0 aliphatic carbocycles. The Bertz CT molecular complexity index is 1870. The molecule has 1 atom stereocenters. The van der Waals surface area contributed by atoms with Gasteiger partial charge in [0, 0.05) is 19.3 Å². The summed E-state index contributed by atoms with van der Waals surface area (Å²) in [5.41, 5.74) is 0. The van der Waals surface area contributed by atoms with Gasteiger partial charge in [-0.25, -0.2) is 0 Å². The summed E-state index contributed by atoms with van der Waals surface area (Å²) >= 11 is 0. The minimum atomic E-state index is -0.808. The van der Waals surface area contributed by atoms with Gasteiger partial charge in [0.15, 0.2) is 6.10 Å². The molecule has 1 unspecified atom stereocenters. The van der Waals surface area contributed by atoms with Crippen molar-refractivity contribution in [1.82, 2.24) is 0 Å². The number of allylic oxidation sites excluding steroid dienone is 28. The topological polar surface area (TPSA) is 78.9 Å². The van der Waals surface area contributed by atoms with Gasteiger partial charge < -0.3 is 14.2 Å². The van der Waals surface area contributed by atoms with Crippen molar-refractivity contribution in [2.45, 2.75) is 277 Å². The van der Waals surface area contributed by atoms with Crippen molar-refractivity contribution in [3.63, 3.8) is 0 Å². The Morgan fingerprint density at radius 2 is 0.488 bits per heavy atom. The fraction of sp³-hybridized carbons (Fsp3) is 0.592. The quantitative estimate of drug-likeness (QED) is 0.0261. The van der Waals surface area contributed by atoms with Crippen molar-refractivity contribution in [3.05, 3.63) is 170 Å². The number of carbonyl (C=O) groups excluding carboxylic acids is 3. The van der Waals surface area contributed by atoms with E-state index in [4.69, 9.17) is 14.2 Å². The summed E-state index contributed by atoms with van der Waals surface area (Å²) in [7, 11) is 0. The molecule has 6 heteroatoms. The van der Waals surface area contributed by atoms with Crippen LogP contribution in [0.5, 0.6) is 0 Å². The lowest BCUT2D eigenvalue weighted by Crippen LogP contribution is -2.30. The highest BCUT2D eigenvalue weighted by Gasteiger charge is 2.19. The van der Waals surface area contributed by atoms with Gasteiger partial charge in [0.1, 0.15) is 13.2 Å². The molecule has 0 saturated heterocycles. The van der Waals surface area contributed by atoms with Gasteiger partial charge in [0.05, 0.1) is 0 Å². The monoisotopic (exact) mass is 1130 g/mol. The third-order valence-electron chi connectivity index (χ3n) is 13.5. The van der Waals surface area contributed by atoms with Gasteiger partial charge in [0.2, 0.25) is 0 Å². The molecule has 0 aromatic carbocycles. The molecule has 0 radical (unpaired) electrons. The molecule has 82 heavy (non-hydrogen) atoms. The zero-order chi connectivity index (χ0) is 59.2. The first-order valence-corrected chi connectivity index (χ1v) is 33.1. The zero-order valence-electron chi connectivity index (χ0n) is 52.7. The average molecular weight is 1130 g/mol. The van der Waals surface area contributed by atoms with Crippen molar-refractivity contribution in [2.75, 3.05) is 13.2 Å². The number of esters is 3. The fourth-order valence-corrected chi connectivity index (χ4v) is 8.59. The Morgan fingerprint density at radius 1 is 0.256 bits per heavy atom. The molecule has 0 aromatic heterocycles. The highest BCUT2D eigenvalue weighted by Crippen LogP contribution is 2.15. The van der Waals surface area contributed by atoms with Crippen molar-refractivity contribution >= 4 is 17.9 Å². The van der Waals surface area contributed by atoms with Crippen molar-refractivity contribution in [2.24, 2.45) is 0 Å². The molecule has 0 aliphatic rings. The van der Waals surface area contributed by atoms with Crippen LogP contribution in [0.3, 0.4) is 0 Å². The van der Waals surface area contributed by atoms with Crippen molar-refractivity contribution in [3.8, 4) is 0 Å². The summed E-state index contributed by atoms with van der Waals surface area (Å²) in [5, 5.41) is 0. The molecule has 0 amide bonds. The van der Waals surface area contributed by atoms with Gasteiger partial charge in [-0.05, 0) is 128 Å². The van der Waals surface area contributed by atoms with Crippen LogP contribution in [0.25, 0.3) is 0 Å². The molecule has 0 fully saturated rings. The van der Waals surface area contributed by atoms with E-state index < -0.39 is 6.10 Å². The van der Waals surface area contributed by atoms with Crippen LogP contribution in [-0.4, -0.2) is 37.2 Å². The lowest BCUT2D eigenvalue weighted by atomic mass is 10.0. The Morgan fingerprint density at radius 3 is 0.793 bits per heavy atom. The lowest BCUT2D eigenvalue weighted by Gasteiger charge is -2.18. The molecular weight excluding hydrogens is 1010 g/mol. The molecule has 6 nitrogen and oxygen atoms in total. The van der Waals surface area contributed by atoms with Gasteiger partial charge in [-0.15, -0.1) is 0 Å². The second kappa shape index (κ2) is 68.3. The van der Waals surface area contributed by atoms with Crippen LogP contribution in [-0.2, 0) is 28.6 Å². The first-order valence-electron chi connectivity index (χ1n) is 33.1. The second-order valence-corrected chi connectivity index (χ2v) is 21.3. The molecular formula is C76H120O6. The number of unbranched alkanes of at least 4 members (excludes halogenated alkanes) is 19. The molecule has 0 saturated carbocycles. The van der Waals surface area contributed by atoms with Gasteiger partial charge >= 0.3 is 17.9 Å². The third-order valence-corrected chi connectivity index (χ3v) is 13.5. The standard InChI is InChI=1S/C76H120O6/c1-4-7-10-13-16-18-20-22-24-26-28-30-32-34-36-38-40-42-44-46-48-50-52-54-56-58-60-63-66-69-75(78)81-72-73(71-80-74(77)68-65-62-15-12-9-6-3)82-76(79)70-67-64-61-59-57-55-53-51-49-47-45-43-41-39-37-35-33-31-29-27-25-23-21-19-17-14-11-8-5-2/h7-8,10-11,16-19,22-25,28-31,34-37,40,42,46,48,52,54,58,60,73H,4-6,9,12-15,20-21,26-27,32-33,38-39,41,43-45,47,49-51,53,55-57,59,61-72H2,1-3H3/b10-7-,11-8-,18-16-,19-17-,24-22-,25-23-,30-28-,31-29-,36-34-,37-35-,42-40-,48-46-,54-52-,60-58-. The van der Waals surface area contributed by atoms with Crippen LogP contribution < -0.4 is 0 Å². The van der Waals surface area contributed by atoms with Gasteiger partial charge in [-0.3, -0.25) is 14.4 Å². The molecule has 0 spiro atoms. The van der Waals surface area contributed by atoms with Crippen molar-refractivity contribution in [1.29, 1.82) is 0 Å². The van der Waals surface area contributed by atoms with E-state index in [1.807, 2.05) is 0 Å². The molecule has 0 aromatic rings. The average Bonchev–Trinajstić information content (AvgIpc) is 3.47. The Balaban J connectivity index is 4.21. The maximum atomic E-state index is 12.9. The van der Waals surface area contributed by atoms with Crippen LogP contribution in [0.4, 0.5) is 0 Å². The van der Waals surface area contributed by atoms with Gasteiger partial charge in [0.25, 0.3) is 0 Å². The van der Waals surface area contributed by atoms with Crippen molar-refractivity contribution < 1.29 is 28.6 Å². The van der Waals surface area contributed by atoms with Gasteiger partial charge in [-0.2, -0.15) is 0 Å². The predicted octanol–water partition coefficient (Wildman–Crippen LogP) is 23.0. The smallest absolute Gasteiger partial charge is 0.306 e. The molecule has 0 heterocycles. The Hall–Kier alpha value is -5.23. The number of rotatable bonds is 58. The maximum absolute atomic E-state index is 12.9. The predicted molar refractivity (Wildman–Crippen MR) is 357 cm³/mol. The van der Waals surface area contributed by atoms with Crippen LogP contribution in [0.1, 0.15) is 271 Å². The number of hydrogen-bond donors (Lipinski definition) is 0. The maximum Gasteiger partial charge on any atom is 0.306 e. The van der Waals surface area contributed by atoms with E-state index in [0.29, 0.717) is 19.3 Å². The highest BCUT2D eigenvalue weighted by atomic mass is 16.6. The Kier molecular flexibility index (Phi) is 63.9. The Labute approximate surface area is 504 Å². The van der Waals surface area contributed by atoms with Gasteiger partial charge in [-0.1, -0.05) is 294 Å². The molecule has 0 aliphatic heterocycles. The van der Waals surface area contributed by atoms with E-state index in [1.165, 1.54) is 89.9 Å². The fourth-order valence-electron chi connectivity index (χ4n) is 8.59. The second-order valence-electron chi connectivity index (χ2n) is 21.3. The normalized spacial score (nSPS) is 13.3. The first-order chi connectivity index (χ1) is 40.5. The molecule has 0 N–H and O–H groups in total. The summed E-state index contributed by atoms with van der Waals surface area (Å²) in [6.45, 7) is 6.30. The molecule has 460 valence electrons. The minimum Gasteiger partial charge on any atom is -0.462 e. The summed E-state index contributed by atoms with van der Waals surface area (Å²) in [4.78, 5) is 38.0. The van der Waals surface area contributed by atoms with E-state index in [-0.39, 0.29) is 37.5 Å². The van der Waals surface area contributed by atoms with Crippen LogP contribution >= 0.6 is 0 Å².